The molecule has 5 nitrogen and oxygen atoms in total. The van der Waals surface area contributed by atoms with Crippen molar-refractivity contribution in [2.75, 3.05) is 19.5 Å². The summed E-state index contributed by atoms with van der Waals surface area (Å²) in [4.78, 5) is 14.2. The third kappa shape index (κ3) is 2.46. The van der Waals surface area contributed by atoms with Crippen LogP contribution in [-0.2, 0) is 7.05 Å². The van der Waals surface area contributed by atoms with E-state index in [4.69, 9.17) is 16.3 Å². The van der Waals surface area contributed by atoms with Crippen molar-refractivity contribution < 1.29 is 9.53 Å². The van der Waals surface area contributed by atoms with Gasteiger partial charge in [-0.1, -0.05) is 0 Å². The molecule has 2 heterocycles. The van der Waals surface area contributed by atoms with E-state index >= 15 is 0 Å². The maximum absolute atomic E-state index is 12.4. The Hall–Kier alpha value is -1.23. The number of ether oxygens (including phenoxy) is 1. The minimum absolute atomic E-state index is 0.0264. The summed E-state index contributed by atoms with van der Waals surface area (Å²) in [5.74, 6) is 1.15. The van der Waals surface area contributed by atoms with Crippen LogP contribution in [0.2, 0.25) is 0 Å². The first-order valence-corrected chi connectivity index (χ1v) is 6.65. The molecule has 1 aromatic heterocycles. The number of alkyl halides is 1. The highest BCUT2D eigenvalue weighted by molar-refractivity contribution is 6.17. The Morgan fingerprint density at radius 3 is 3.06 bits per heavy atom. The number of halogens is 1. The maximum Gasteiger partial charge on any atom is 0.274 e. The molecule has 1 unspecified atom stereocenters. The van der Waals surface area contributed by atoms with Crippen molar-refractivity contribution in [3.8, 4) is 5.88 Å². The van der Waals surface area contributed by atoms with Crippen molar-refractivity contribution in [1.29, 1.82) is 0 Å². The zero-order chi connectivity index (χ0) is 13.1. The van der Waals surface area contributed by atoms with E-state index in [1.165, 1.54) is 0 Å². The quantitative estimate of drug-likeness (QED) is 0.783. The van der Waals surface area contributed by atoms with Crippen LogP contribution >= 0.6 is 11.6 Å². The molecule has 1 saturated heterocycles. The van der Waals surface area contributed by atoms with E-state index in [0.717, 1.165) is 25.8 Å². The number of carbonyl (C=O) groups is 1. The lowest BCUT2D eigenvalue weighted by Gasteiger charge is -2.23. The number of likely N-dealkylation sites (tertiary alicyclic amines) is 1. The van der Waals surface area contributed by atoms with E-state index in [9.17, 15) is 4.79 Å². The predicted octanol–water partition coefficient (Wildman–Crippen LogP) is 1.66. The summed E-state index contributed by atoms with van der Waals surface area (Å²) in [6.45, 7) is 0.791. The fraction of sp³-hybridized carbons (Fsp3) is 0.667. The standard InChI is InChI=1S/C12H18ClN3O2/c1-15-11(18-2)8-10(14-15)12(17)16-7-3-4-9(16)5-6-13/h8-9H,3-7H2,1-2H3. The van der Waals surface area contributed by atoms with Gasteiger partial charge in [-0.15, -0.1) is 11.6 Å². The molecule has 2 rings (SSSR count). The first-order valence-electron chi connectivity index (χ1n) is 6.12. The zero-order valence-electron chi connectivity index (χ0n) is 10.7. The fourth-order valence-electron chi connectivity index (χ4n) is 2.42. The van der Waals surface area contributed by atoms with Crippen molar-refractivity contribution in [2.24, 2.45) is 7.05 Å². The Bertz CT molecular complexity index is 433. The zero-order valence-corrected chi connectivity index (χ0v) is 11.5. The van der Waals surface area contributed by atoms with Gasteiger partial charge in [-0.25, -0.2) is 4.68 Å². The Morgan fingerprint density at radius 2 is 2.44 bits per heavy atom. The lowest BCUT2D eigenvalue weighted by atomic mass is 10.1. The smallest absolute Gasteiger partial charge is 0.274 e. The highest BCUT2D eigenvalue weighted by atomic mass is 35.5. The summed E-state index contributed by atoms with van der Waals surface area (Å²) in [7, 11) is 3.33. The third-order valence-electron chi connectivity index (χ3n) is 3.35. The minimum Gasteiger partial charge on any atom is -0.481 e. The molecule has 18 heavy (non-hydrogen) atoms. The average molecular weight is 272 g/mol. The molecule has 100 valence electrons. The second-order valence-corrected chi connectivity index (χ2v) is 4.85. The van der Waals surface area contributed by atoms with Gasteiger partial charge in [-0.05, 0) is 19.3 Å². The van der Waals surface area contributed by atoms with Gasteiger partial charge in [0.15, 0.2) is 5.69 Å². The summed E-state index contributed by atoms with van der Waals surface area (Å²) < 4.78 is 6.69. The van der Waals surface area contributed by atoms with Gasteiger partial charge in [0.25, 0.3) is 5.91 Å². The van der Waals surface area contributed by atoms with E-state index < -0.39 is 0 Å². The van der Waals surface area contributed by atoms with Gasteiger partial charge in [-0.2, -0.15) is 5.10 Å². The number of hydrogen-bond acceptors (Lipinski definition) is 3. The molecule has 0 radical (unpaired) electrons. The molecule has 1 aliphatic heterocycles. The van der Waals surface area contributed by atoms with Crippen LogP contribution in [0.3, 0.4) is 0 Å². The van der Waals surface area contributed by atoms with E-state index in [1.807, 2.05) is 4.90 Å². The largest absolute Gasteiger partial charge is 0.481 e. The number of amides is 1. The fourth-order valence-corrected chi connectivity index (χ4v) is 2.67. The molecule has 1 atom stereocenters. The summed E-state index contributed by atoms with van der Waals surface area (Å²) in [5.41, 5.74) is 0.441. The normalized spacial score (nSPS) is 19.3. The number of aromatic nitrogens is 2. The molecular weight excluding hydrogens is 254 g/mol. The van der Waals surface area contributed by atoms with Crippen LogP contribution in [-0.4, -0.2) is 46.2 Å². The Balaban J connectivity index is 2.14. The van der Waals surface area contributed by atoms with Crippen LogP contribution in [0.1, 0.15) is 29.8 Å². The Morgan fingerprint density at radius 1 is 1.67 bits per heavy atom. The molecule has 1 aromatic rings. The van der Waals surface area contributed by atoms with Crippen molar-refractivity contribution >= 4 is 17.5 Å². The number of rotatable bonds is 4. The molecule has 0 N–H and O–H groups in total. The van der Waals surface area contributed by atoms with Gasteiger partial charge in [0.2, 0.25) is 5.88 Å². The van der Waals surface area contributed by atoms with E-state index in [1.54, 1.807) is 24.9 Å². The van der Waals surface area contributed by atoms with Crippen LogP contribution < -0.4 is 4.74 Å². The minimum atomic E-state index is -0.0264. The molecular formula is C12H18ClN3O2. The highest BCUT2D eigenvalue weighted by Gasteiger charge is 2.30. The molecule has 0 saturated carbocycles. The van der Waals surface area contributed by atoms with E-state index in [0.29, 0.717) is 17.5 Å². The number of hydrogen-bond donors (Lipinski definition) is 0. The van der Waals surface area contributed by atoms with Crippen LogP contribution in [0.4, 0.5) is 0 Å². The van der Waals surface area contributed by atoms with E-state index in [2.05, 4.69) is 5.10 Å². The summed E-state index contributed by atoms with van der Waals surface area (Å²) in [6.07, 6.45) is 2.91. The van der Waals surface area contributed by atoms with Gasteiger partial charge >= 0.3 is 0 Å². The Kier molecular flexibility index (Phi) is 4.11. The van der Waals surface area contributed by atoms with Crippen molar-refractivity contribution in [3.05, 3.63) is 11.8 Å². The summed E-state index contributed by atoms with van der Waals surface area (Å²) >= 11 is 5.77. The van der Waals surface area contributed by atoms with Gasteiger partial charge in [0, 0.05) is 31.6 Å². The van der Waals surface area contributed by atoms with Crippen LogP contribution in [0.25, 0.3) is 0 Å². The molecule has 1 amide bonds. The second-order valence-electron chi connectivity index (χ2n) is 4.47. The predicted molar refractivity (Wildman–Crippen MR) is 69.2 cm³/mol. The molecule has 1 fully saturated rings. The van der Waals surface area contributed by atoms with Gasteiger partial charge in [0.05, 0.1) is 7.11 Å². The van der Waals surface area contributed by atoms with Crippen molar-refractivity contribution in [3.63, 3.8) is 0 Å². The summed E-state index contributed by atoms with van der Waals surface area (Å²) in [6, 6.07) is 1.93. The molecule has 0 aromatic carbocycles. The van der Waals surface area contributed by atoms with Gasteiger partial charge in [-0.3, -0.25) is 4.79 Å². The number of methoxy groups -OCH3 is 1. The van der Waals surface area contributed by atoms with Crippen molar-refractivity contribution in [1.82, 2.24) is 14.7 Å². The summed E-state index contributed by atoms with van der Waals surface area (Å²) in [5, 5.41) is 4.19. The van der Waals surface area contributed by atoms with Crippen LogP contribution in [0, 0.1) is 0 Å². The van der Waals surface area contributed by atoms with Gasteiger partial charge < -0.3 is 9.64 Å². The third-order valence-corrected chi connectivity index (χ3v) is 3.56. The SMILES string of the molecule is COc1cc(C(=O)N2CCCC2CCCl)nn1C. The monoisotopic (exact) mass is 271 g/mol. The van der Waals surface area contributed by atoms with Crippen LogP contribution in [0.5, 0.6) is 5.88 Å². The molecule has 6 heteroatoms. The molecule has 0 spiro atoms. The second kappa shape index (κ2) is 5.61. The average Bonchev–Trinajstić information content (AvgIpc) is 2.95. The maximum atomic E-state index is 12.4. The molecule has 0 aliphatic carbocycles. The molecule has 0 bridgehead atoms. The lowest BCUT2D eigenvalue weighted by Crippen LogP contribution is -2.36. The van der Waals surface area contributed by atoms with Crippen molar-refractivity contribution in [2.45, 2.75) is 25.3 Å². The van der Waals surface area contributed by atoms with Crippen LogP contribution in [0.15, 0.2) is 6.07 Å². The number of aryl methyl sites for hydroxylation is 1. The van der Waals surface area contributed by atoms with E-state index in [-0.39, 0.29) is 11.9 Å². The Labute approximate surface area is 112 Å². The first-order chi connectivity index (χ1) is 8.67. The topological polar surface area (TPSA) is 47.4 Å². The lowest BCUT2D eigenvalue weighted by molar-refractivity contribution is 0.0727. The molecule has 1 aliphatic rings. The van der Waals surface area contributed by atoms with Gasteiger partial charge in [0.1, 0.15) is 0 Å². The highest BCUT2D eigenvalue weighted by Crippen LogP contribution is 2.23. The number of carbonyl (C=O) groups excluding carboxylic acids is 1. The number of nitrogens with zero attached hydrogens (tertiary/aromatic N) is 3. The first kappa shape index (κ1) is 13.2.